The van der Waals surface area contributed by atoms with Gasteiger partial charge >= 0.3 is 0 Å². The van der Waals surface area contributed by atoms with Gasteiger partial charge in [-0.25, -0.2) is 0 Å². The van der Waals surface area contributed by atoms with Gasteiger partial charge in [0.05, 0.1) is 5.69 Å². The number of hydrogen-bond donors (Lipinski definition) is 1. The van der Waals surface area contributed by atoms with Gasteiger partial charge in [-0.3, -0.25) is 4.98 Å². The third kappa shape index (κ3) is 3.90. The van der Waals surface area contributed by atoms with E-state index in [0.29, 0.717) is 6.04 Å². The highest BCUT2D eigenvalue weighted by molar-refractivity contribution is 9.10. The average molecular weight is 370 g/mol. The van der Waals surface area contributed by atoms with E-state index >= 15 is 0 Å². The van der Waals surface area contributed by atoms with Gasteiger partial charge in [-0.2, -0.15) is 0 Å². The summed E-state index contributed by atoms with van der Waals surface area (Å²) < 4.78 is 2.11. The highest BCUT2D eigenvalue weighted by atomic mass is 79.9. The minimum atomic E-state index is 0.309. The monoisotopic (exact) mass is 368 g/mol. The summed E-state index contributed by atoms with van der Waals surface area (Å²) in [5.41, 5.74) is 2.32. The average Bonchev–Trinajstić information content (AvgIpc) is 2.38. The number of pyridine rings is 1. The van der Waals surface area contributed by atoms with Gasteiger partial charge in [0.2, 0.25) is 0 Å². The Morgan fingerprint density at radius 2 is 1.72 bits per heavy atom. The molecule has 1 N–H and O–H groups in total. The molecule has 0 bridgehead atoms. The van der Waals surface area contributed by atoms with Crippen LogP contribution in [0.5, 0.6) is 0 Å². The SMILES string of the molecule is C[C@@H](NCc1ccc(Br)cn1)c1ccc(Br)cc1. The van der Waals surface area contributed by atoms with E-state index in [1.54, 1.807) is 0 Å². The molecule has 94 valence electrons. The maximum Gasteiger partial charge on any atom is 0.0542 e. The summed E-state index contributed by atoms with van der Waals surface area (Å²) in [5.74, 6) is 0. The second kappa shape index (κ2) is 6.45. The van der Waals surface area contributed by atoms with Crippen LogP contribution in [0.1, 0.15) is 24.2 Å². The fourth-order valence-electron chi connectivity index (χ4n) is 1.64. The van der Waals surface area contributed by atoms with Crippen LogP contribution < -0.4 is 5.32 Å². The topological polar surface area (TPSA) is 24.9 Å². The Kier molecular flexibility index (Phi) is 4.92. The molecule has 0 spiro atoms. The molecule has 1 aromatic heterocycles. The number of nitrogens with one attached hydrogen (secondary N) is 1. The molecule has 1 atom stereocenters. The number of aromatic nitrogens is 1. The Labute approximate surface area is 124 Å². The summed E-state index contributed by atoms with van der Waals surface area (Å²) in [6, 6.07) is 12.7. The van der Waals surface area contributed by atoms with Gasteiger partial charge in [0.1, 0.15) is 0 Å². The molecule has 1 heterocycles. The first kappa shape index (κ1) is 13.7. The first-order valence-corrected chi connectivity index (χ1v) is 7.33. The van der Waals surface area contributed by atoms with Crippen molar-refractivity contribution in [1.29, 1.82) is 0 Å². The van der Waals surface area contributed by atoms with Crippen molar-refractivity contribution in [2.24, 2.45) is 0 Å². The Morgan fingerprint density at radius 1 is 1.06 bits per heavy atom. The Morgan fingerprint density at radius 3 is 2.33 bits per heavy atom. The second-order valence-corrected chi connectivity index (χ2v) is 5.95. The van der Waals surface area contributed by atoms with E-state index in [4.69, 9.17) is 0 Å². The molecule has 18 heavy (non-hydrogen) atoms. The lowest BCUT2D eigenvalue weighted by atomic mass is 10.1. The van der Waals surface area contributed by atoms with Gasteiger partial charge in [-0.1, -0.05) is 28.1 Å². The predicted octanol–water partition coefficient (Wildman–Crippen LogP) is 4.46. The minimum Gasteiger partial charge on any atom is -0.305 e. The van der Waals surface area contributed by atoms with Crippen LogP contribution in [0.15, 0.2) is 51.5 Å². The lowest BCUT2D eigenvalue weighted by molar-refractivity contribution is 0.567. The molecule has 2 nitrogen and oxygen atoms in total. The van der Waals surface area contributed by atoms with Crippen molar-refractivity contribution in [1.82, 2.24) is 10.3 Å². The fraction of sp³-hybridized carbons (Fsp3) is 0.214. The van der Waals surface area contributed by atoms with Crippen LogP contribution in [-0.2, 0) is 6.54 Å². The van der Waals surface area contributed by atoms with Gasteiger partial charge < -0.3 is 5.32 Å². The van der Waals surface area contributed by atoms with Crippen molar-refractivity contribution in [2.45, 2.75) is 19.5 Å². The zero-order valence-electron chi connectivity index (χ0n) is 10.0. The van der Waals surface area contributed by atoms with Crippen LogP contribution in [0.2, 0.25) is 0 Å². The minimum absolute atomic E-state index is 0.309. The third-order valence-corrected chi connectivity index (χ3v) is 3.75. The molecule has 0 saturated carbocycles. The standard InChI is InChI=1S/C14H14Br2N2/c1-10(11-2-4-12(15)5-3-11)17-9-14-7-6-13(16)8-18-14/h2-8,10,17H,9H2,1H3/t10-/m1/s1. The van der Waals surface area contributed by atoms with E-state index in [2.05, 4.69) is 73.3 Å². The number of hydrogen-bond acceptors (Lipinski definition) is 2. The number of rotatable bonds is 4. The molecular weight excluding hydrogens is 356 g/mol. The van der Waals surface area contributed by atoms with E-state index < -0.39 is 0 Å². The third-order valence-electron chi connectivity index (χ3n) is 2.75. The summed E-state index contributed by atoms with van der Waals surface area (Å²) in [7, 11) is 0. The predicted molar refractivity (Wildman–Crippen MR) is 81.3 cm³/mol. The van der Waals surface area contributed by atoms with Gasteiger partial charge in [0.25, 0.3) is 0 Å². The van der Waals surface area contributed by atoms with Crippen molar-refractivity contribution in [3.8, 4) is 0 Å². The van der Waals surface area contributed by atoms with Crippen molar-refractivity contribution < 1.29 is 0 Å². The van der Waals surface area contributed by atoms with Crippen LogP contribution in [-0.4, -0.2) is 4.98 Å². The molecule has 4 heteroatoms. The molecule has 0 amide bonds. The molecule has 0 unspecified atom stereocenters. The Bertz CT molecular complexity index is 494. The van der Waals surface area contributed by atoms with E-state index in [1.807, 2.05) is 18.3 Å². The molecule has 1 aromatic carbocycles. The maximum atomic E-state index is 4.34. The summed E-state index contributed by atoms with van der Waals surface area (Å²) in [6.07, 6.45) is 1.82. The first-order valence-electron chi connectivity index (χ1n) is 5.74. The summed E-state index contributed by atoms with van der Waals surface area (Å²) in [6.45, 7) is 2.92. The van der Waals surface area contributed by atoms with Crippen molar-refractivity contribution >= 4 is 31.9 Å². The van der Waals surface area contributed by atoms with Crippen LogP contribution in [0, 0.1) is 0 Å². The van der Waals surface area contributed by atoms with Gasteiger partial charge in [0.15, 0.2) is 0 Å². The fourth-order valence-corrected chi connectivity index (χ4v) is 2.14. The molecule has 0 saturated heterocycles. The molecule has 0 aliphatic rings. The Balaban J connectivity index is 1.93. The number of halogens is 2. The zero-order chi connectivity index (χ0) is 13.0. The van der Waals surface area contributed by atoms with E-state index in [9.17, 15) is 0 Å². The smallest absolute Gasteiger partial charge is 0.0542 e. The van der Waals surface area contributed by atoms with E-state index in [0.717, 1.165) is 21.2 Å². The van der Waals surface area contributed by atoms with Gasteiger partial charge in [0, 0.05) is 27.7 Å². The number of benzene rings is 1. The number of nitrogens with zero attached hydrogens (tertiary/aromatic N) is 1. The van der Waals surface area contributed by atoms with Crippen molar-refractivity contribution in [2.75, 3.05) is 0 Å². The van der Waals surface area contributed by atoms with Gasteiger partial charge in [-0.05, 0) is 52.7 Å². The van der Waals surface area contributed by atoms with Gasteiger partial charge in [-0.15, -0.1) is 0 Å². The lowest BCUT2D eigenvalue weighted by Crippen LogP contribution is -2.18. The first-order chi connectivity index (χ1) is 8.65. The molecule has 0 aliphatic heterocycles. The van der Waals surface area contributed by atoms with Crippen LogP contribution in [0.3, 0.4) is 0 Å². The van der Waals surface area contributed by atoms with E-state index in [-0.39, 0.29) is 0 Å². The highest BCUT2D eigenvalue weighted by Gasteiger charge is 2.04. The molecule has 0 aliphatic carbocycles. The zero-order valence-corrected chi connectivity index (χ0v) is 13.2. The molecule has 0 fully saturated rings. The van der Waals surface area contributed by atoms with Crippen LogP contribution in [0.4, 0.5) is 0 Å². The highest BCUT2D eigenvalue weighted by Crippen LogP contribution is 2.17. The van der Waals surface area contributed by atoms with Crippen LogP contribution in [0.25, 0.3) is 0 Å². The second-order valence-electron chi connectivity index (χ2n) is 4.12. The van der Waals surface area contributed by atoms with E-state index in [1.165, 1.54) is 5.56 Å². The summed E-state index contributed by atoms with van der Waals surface area (Å²) in [5, 5.41) is 3.46. The lowest BCUT2D eigenvalue weighted by Gasteiger charge is -2.14. The van der Waals surface area contributed by atoms with Crippen molar-refractivity contribution in [3.63, 3.8) is 0 Å². The molecular formula is C14H14Br2N2. The van der Waals surface area contributed by atoms with Crippen molar-refractivity contribution in [3.05, 3.63) is 62.8 Å². The molecule has 2 rings (SSSR count). The Hall–Kier alpha value is -0.710. The largest absolute Gasteiger partial charge is 0.305 e. The molecule has 0 radical (unpaired) electrons. The normalized spacial score (nSPS) is 12.4. The quantitative estimate of drug-likeness (QED) is 0.860. The maximum absolute atomic E-state index is 4.34. The summed E-state index contributed by atoms with van der Waals surface area (Å²) in [4.78, 5) is 4.34. The molecule has 2 aromatic rings. The summed E-state index contributed by atoms with van der Waals surface area (Å²) >= 11 is 6.82. The van der Waals surface area contributed by atoms with Crippen LogP contribution >= 0.6 is 31.9 Å².